The van der Waals surface area contributed by atoms with Crippen molar-refractivity contribution in [1.29, 1.82) is 0 Å². The summed E-state index contributed by atoms with van der Waals surface area (Å²) in [6.07, 6.45) is 2.94. The molecule has 1 aromatic rings. The molecule has 1 aromatic carbocycles. The molecule has 0 aliphatic carbocycles. The summed E-state index contributed by atoms with van der Waals surface area (Å²) in [4.78, 5) is 22.8. The fourth-order valence-corrected chi connectivity index (χ4v) is 1.64. The lowest BCUT2D eigenvalue weighted by molar-refractivity contribution is -0.152. The van der Waals surface area contributed by atoms with Crippen LogP contribution in [0.2, 0.25) is 0 Å². The van der Waals surface area contributed by atoms with Gasteiger partial charge < -0.3 is 14.2 Å². The van der Waals surface area contributed by atoms with E-state index in [1.54, 1.807) is 18.2 Å². The van der Waals surface area contributed by atoms with Crippen LogP contribution in [0.15, 0.2) is 24.3 Å². The molecule has 0 radical (unpaired) electrons. The van der Waals surface area contributed by atoms with Crippen LogP contribution in [0.3, 0.4) is 0 Å². The summed E-state index contributed by atoms with van der Waals surface area (Å²) in [5.41, 5.74) is 0.997. The van der Waals surface area contributed by atoms with Crippen molar-refractivity contribution in [2.24, 2.45) is 0 Å². The molecule has 0 atom stereocenters. The summed E-state index contributed by atoms with van der Waals surface area (Å²) in [5, 5.41) is 0. The SMILES string of the molecule is CCCCCOC(=O)COCC(=O)Oc1cccc(C)c1. The van der Waals surface area contributed by atoms with Crippen LogP contribution in [0.25, 0.3) is 0 Å². The van der Waals surface area contributed by atoms with Gasteiger partial charge in [-0.3, -0.25) is 0 Å². The lowest BCUT2D eigenvalue weighted by Gasteiger charge is -2.06. The van der Waals surface area contributed by atoms with Crippen LogP contribution in [-0.4, -0.2) is 31.8 Å². The molecule has 5 heteroatoms. The van der Waals surface area contributed by atoms with Gasteiger partial charge >= 0.3 is 11.9 Å². The first kappa shape index (κ1) is 17.2. The van der Waals surface area contributed by atoms with Gasteiger partial charge in [0.1, 0.15) is 19.0 Å². The highest BCUT2D eigenvalue weighted by molar-refractivity contribution is 5.75. The topological polar surface area (TPSA) is 61.8 Å². The second kappa shape index (κ2) is 9.94. The number of carbonyl (C=O) groups is 2. The van der Waals surface area contributed by atoms with E-state index in [9.17, 15) is 9.59 Å². The molecule has 0 amide bonds. The maximum Gasteiger partial charge on any atom is 0.337 e. The van der Waals surface area contributed by atoms with E-state index in [1.165, 1.54) is 0 Å². The van der Waals surface area contributed by atoms with Gasteiger partial charge in [-0.15, -0.1) is 0 Å². The molecule has 0 unspecified atom stereocenters. The standard InChI is InChI=1S/C16H22O5/c1-3-4-5-9-20-15(17)11-19-12-16(18)21-14-8-6-7-13(2)10-14/h6-8,10H,3-5,9,11-12H2,1-2H3. The van der Waals surface area contributed by atoms with E-state index >= 15 is 0 Å². The van der Waals surface area contributed by atoms with Crippen LogP contribution in [0, 0.1) is 6.92 Å². The third-order valence-electron chi connectivity index (χ3n) is 2.67. The van der Waals surface area contributed by atoms with Gasteiger partial charge in [0, 0.05) is 0 Å². The maximum atomic E-state index is 11.5. The average molecular weight is 294 g/mol. The fraction of sp³-hybridized carbons (Fsp3) is 0.500. The molecule has 0 saturated heterocycles. The summed E-state index contributed by atoms with van der Waals surface area (Å²) in [6.45, 7) is 3.85. The van der Waals surface area contributed by atoms with E-state index in [0.29, 0.717) is 12.4 Å². The van der Waals surface area contributed by atoms with Crippen molar-refractivity contribution in [3.05, 3.63) is 29.8 Å². The predicted octanol–water partition coefficient (Wildman–Crippen LogP) is 2.65. The van der Waals surface area contributed by atoms with Crippen LogP contribution in [0.4, 0.5) is 0 Å². The molecule has 0 spiro atoms. The van der Waals surface area contributed by atoms with Gasteiger partial charge in [-0.25, -0.2) is 9.59 Å². The molecule has 1 rings (SSSR count). The summed E-state index contributed by atoms with van der Waals surface area (Å²) >= 11 is 0. The van der Waals surface area contributed by atoms with Crippen molar-refractivity contribution in [2.45, 2.75) is 33.1 Å². The Hall–Kier alpha value is -1.88. The Morgan fingerprint density at radius 1 is 1.10 bits per heavy atom. The van der Waals surface area contributed by atoms with E-state index in [2.05, 4.69) is 6.92 Å². The molecule has 0 aromatic heterocycles. The van der Waals surface area contributed by atoms with Gasteiger partial charge in [0.2, 0.25) is 0 Å². The Morgan fingerprint density at radius 3 is 2.57 bits per heavy atom. The largest absolute Gasteiger partial charge is 0.464 e. The zero-order valence-corrected chi connectivity index (χ0v) is 12.6. The Morgan fingerprint density at radius 2 is 1.86 bits per heavy atom. The minimum atomic E-state index is -0.542. The minimum absolute atomic E-state index is 0.241. The van der Waals surface area contributed by atoms with E-state index in [4.69, 9.17) is 14.2 Å². The van der Waals surface area contributed by atoms with Gasteiger partial charge in [-0.2, -0.15) is 0 Å². The van der Waals surface area contributed by atoms with Gasteiger partial charge in [-0.1, -0.05) is 31.9 Å². The maximum absolute atomic E-state index is 11.5. The number of esters is 2. The van der Waals surface area contributed by atoms with E-state index in [1.807, 2.05) is 13.0 Å². The second-order valence-electron chi connectivity index (χ2n) is 4.71. The first-order valence-electron chi connectivity index (χ1n) is 7.12. The second-order valence-corrected chi connectivity index (χ2v) is 4.71. The van der Waals surface area contributed by atoms with E-state index in [-0.39, 0.29) is 13.2 Å². The lowest BCUT2D eigenvalue weighted by atomic mass is 10.2. The van der Waals surface area contributed by atoms with Crippen LogP contribution >= 0.6 is 0 Å². The Kier molecular flexibility index (Phi) is 8.12. The van der Waals surface area contributed by atoms with Crippen molar-refractivity contribution in [1.82, 2.24) is 0 Å². The molecule has 0 heterocycles. The molecule has 0 saturated carbocycles. The molecular formula is C16H22O5. The zero-order chi connectivity index (χ0) is 15.5. The Bertz CT molecular complexity index is 456. The number of unbranched alkanes of at least 4 members (excludes halogenated alkanes) is 2. The molecule has 0 bridgehead atoms. The summed E-state index contributed by atoms with van der Waals surface area (Å²) < 4.78 is 15.0. The van der Waals surface area contributed by atoms with Crippen molar-refractivity contribution in [3.8, 4) is 5.75 Å². The van der Waals surface area contributed by atoms with Crippen molar-refractivity contribution >= 4 is 11.9 Å². The number of aryl methyl sites for hydroxylation is 1. The predicted molar refractivity (Wildman–Crippen MR) is 78.1 cm³/mol. The first-order valence-corrected chi connectivity index (χ1v) is 7.12. The van der Waals surface area contributed by atoms with Crippen molar-refractivity contribution < 1.29 is 23.8 Å². The molecule has 0 aliphatic rings. The lowest BCUT2D eigenvalue weighted by Crippen LogP contribution is -2.20. The number of hydrogen-bond donors (Lipinski definition) is 0. The molecule has 5 nitrogen and oxygen atoms in total. The number of ether oxygens (including phenoxy) is 3. The summed E-state index contributed by atoms with van der Waals surface area (Å²) in [6, 6.07) is 7.14. The molecule has 116 valence electrons. The fourth-order valence-electron chi connectivity index (χ4n) is 1.64. The summed E-state index contributed by atoms with van der Waals surface area (Å²) in [7, 11) is 0. The third-order valence-corrected chi connectivity index (χ3v) is 2.67. The Balaban J connectivity index is 2.14. The number of rotatable bonds is 9. The van der Waals surface area contributed by atoms with Crippen LogP contribution in [0.5, 0.6) is 5.75 Å². The monoisotopic (exact) mass is 294 g/mol. The highest BCUT2D eigenvalue weighted by Gasteiger charge is 2.08. The average Bonchev–Trinajstić information content (AvgIpc) is 2.43. The number of carbonyl (C=O) groups excluding carboxylic acids is 2. The normalized spacial score (nSPS) is 10.2. The van der Waals surface area contributed by atoms with Crippen LogP contribution in [-0.2, 0) is 19.1 Å². The zero-order valence-electron chi connectivity index (χ0n) is 12.6. The number of hydrogen-bond acceptors (Lipinski definition) is 5. The highest BCUT2D eigenvalue weighted by Crippen LogP contribution is 2.12. The first-order chi connectivity index (χ1) is 10.1. The van der Waals surface area contributed by atoms with Crippen LogP contribution < -0.4 is 4.74 Å². The summed E-state index contributed by atoms with van der Waals surface area (Å²) in [5.74, 6) is -0.542. The van der Waals surface area contributed by atoms with Gasteiger partial charge in [0.15, 0.2) is 0 Å². The van der Waals surface area contributed by atoms with Gasteiger partial charge in [0.25, 0.3) is 0 Å². The highest BCUT2D eigenvalue weighted by atomic mass is 16.6. The quantitative estimate of drug-likeness (QED) is 0.398. The van der Waals surface area contributed by atoms with Gasteiger partial charge in [-0.05, 0) is 31.0 Å². The van der Waals surface area contributed by atoms with Crippen LogP contribution in [0.1, 0.15) is 31.7 Å². The Labute approximate surface area is 125 Å². The van der Waals surface area contributed by atoms with E-state index < -0.39 is 11.9 Å². The van der Waals surface area contributed by atoms with Crippen molar-refractivity contribution in [3.63, 3.8) is 0 Å². The number of benzene rings is 1. The van der Waals surface area contributed by atoms with E-state index in [0.717, 1.165) is 24.8 Å². The molecular weight excluding hydrogens is 272 g/mol. The van der Waals surface area contributed by atoms with Gasteiger partial charge in [0.05, 0.1) is 6.61 Å². The van der Waals surface area contributed by atoms with Crippen molar-refractivity contribution in [2.75, 3.05) is 19.8 Å². The minimum Gasteiger partial charge on any atom is -0.464 e. The third kappa shape index (κ3) is 8.09. The smallest absolute Gasteiger partial charge is 0.337 e. The molecule has 21 heavy (non-hydrogen) atoms. The molecule has 0 fully saturated rings. The molecule has 0 N–H and O–H groups in total. The molecule has 0 aliphatic heterocycles.